The van der Waals surface area contributed by atoms with Crippen molar-refractivity contribution in [2.24, 2.45) is 11.8 Å². The zero-order valence-corrected chi connectivity index (χ0v) is 18.2. The Morgan fingerprint density at radius 1 is 1.03 bits per heavy atom. The van der Waals surface area contributed by atoms with Crippen molar-refractivity contribution < 1.29 is 4.79 Å². The summed E-state index contributed by atoms with van der Waals surface area (Å²) in [5.74, 6) is 0.691. The fraction of sp³-hybridized carbons (Fsp3) is 0.333. The first kappa shape index (κ1) is 20.8. The van der Waals surface area contributed by atoms with Gasteiger partial charge < -0.3 is 10.3 Å². The fourth-order valence-electron chi connectivity index (χ4n) is 3.75. The first-order chi connectivity index (χ1) is 14.8. The molecule has 0 aliphatic heterocycles. The van der Waals surface area contributed by atoms with Crippen LogP contribution in [-0.2, 0) is 6.54 Å². The molecule has 1 unspecified atom stereocenters. The molecule has 1 atom stereocenters. The third-order valence-corrected chi connectivity index (χ3v) is 5.28. The summed E-state index contributed by atoms with van der Waals surface area (Å²) in [6.45, 7) is 8.53. The molecule has 2 aromatic heterocycles. The average Bonchev–Trinajstić information content (AvgIpc) is 3.17. The van der Waals surface area contributed by atoms with E-state index in [0.717, 1.165) is 11.0 Å². The molecule has 31 heavy (non-hydrogen) atoms. The number of amides is 1. The number of nitrogens with one attached hydrogen (secondary N) is 2. The number of para-hydroxylation sites is 2. The number of benzene rings is 2. The van der Waals surface area contributed by atoms with E-state index in [-0.39, 0.29) is 35.0 Å². The Hall–Kier alpha value is -3.48. The van der Waals surface area contributed by atoms with Crippen molar-refractivity contribution >= 4 is 27.7 Å². The summed E-state index contributed by atoms with van der Waals surface area (Å²) in [5.41, 5.74) is 1.84. The highest BCUT2D eigenvalue weighted by atomic mass is 16.2. The van der Waals surface area contributed by atoms with Crippen molar-refractivity contribution in [3.8, 4) is 0 Å². The van der Waals surface area contributed by atoms with Crippen molar-refractivity contribution in [1.29, 1.82) is 0 Å². The number of nitrogens with zero attached hydrogens (tertiary/aromatic N) is 3. The molecule has 0 spiro atoms. The van der Waals surface area contributed by atoms with Crippen LogP contribution in [0.15, 0.2) is 53.3 Å². The van der Waals surface area contributed by atoms with E-state index in [1.165, 1.54) is 4.68 Å². The van der Waals surface area contributed by atoms with Gasteiger partial charge in [0.2, 0.25) is 0 Å². The highest BCUT2D eigenvalue weighted by molar-refractivity contribution is 6.04. The maximum atomic E-state index is 13.4. The van der Waals surface area contributed by atoms with Crippen molar-refractivity contribution in [2.75, 3.05) is 0 Å². The molecular formula is C24H27N5O2. The maximum Gasteiger partial charge on any atom is 0.274 e. The normalized spacial score (nSPS) is 12.7. The van der Waals surface area contributed by atoms with Gasteiger partial charge in [0.05, 0.1) is 22.5 Å². The van der Waals surface area contributed by atoms with Crippen LogP contribution in [-0.4, -0.2) is 25.7 Å². The third kappa shape index (κ3) is 4.08. The van der Waals surface area contributed by atoms with Gasteiger partial charge in [0.25, 0.3) is 11.5 Å². The lowest BCUT2D eigenvalue weighted by atomic mass is 10.0. The molecule has 0 bridgehead atoms. The minimum Gasteiger partial charge on any atom is -0.340 e. The Bertz CT molecular complexity index is 1270. The molecular weight excluding hydrogens is 390 g/mol. The predicted molar refractivity (Wildman–Crippen MR) is 122 cm³/mol. The van der Waals surface area contributed by atoms with Gasteiger partial charge in [-0.05, 0) is 30.0 Å². The molecule has 2 aromatic carbocycles. The average molecular weight is 418 g/mol. The van der Waals surface area contributed by atoms with E-state index in [9.17, 15) is 9.59 Å². The van der Waals surface area contributed by atoms with E-state index < -0.39 is 0 Å². The third-order valence-electron chi connectivity index (χ3n) is 5.28. The second-order valence-electron chi connectivity index (χ2n) is 8.61. The van der Waals surface area contributed by atoms with Gasteiger partial charge in [-0.3, -0.25) is 9.59 Å². The lowest BCUT2D eigenvalue weighted by Crippen LogP contribution is -2.35. The number of aromatic nitrogens is 4. The molecule has 0 radical (unpaired) electrons. The first-order valence-corrected chi connectivity index (χ1v) is 10.6. The molecule has 2 heterocycles. The quantitative estimate of drug-likeness (QED) is 0.495. The van der Waals surface area contributed by atoms with Crippen LogP contribution in [0.25, 0.3) is 21.8 Å². The van der Waals surface area contributed by atoms with Crippen LogP contribution < -0.4 is 10.9 Å². The predicted octanol–water partition coefficient (Wildman–Crippen LogP) is 4.06. The van der Waals surface area contributed by atoms with Gasteiger partial charge in [-0.2, -0.15) is 5.10 Å². The van der Waals surface area contributed by atoms with Gasteiger partial charge in [0, 0.05) is 11.9 Å². The van der Waals surface area contributed by atoms with E-state index in [1.807, 2.05) is 58.0 Å². The number of hydrogen-bond donors (Lipinski definition) is 2. The SMILES string of the molecule is CC(C)Cn1nc(C(=O)NC(c2nc3ccccc3[nH]2)C(C)C)c2ccccc2c1=O. The van der Waals surface area contributed by atoms with E-state index in [2.05, 4.69) is 20.4 Å². The van der Waals surface area contributed by atoms with Crippen LogP contribution in [0.5, 0.6) is 0 Å². The van der Waals surface area contributed by atoms with Gasteiger partial charge in [0.1, 0.15) is 5.82 Å². The molecule has 0 fully saturated rings. The monoisotopic (exact) mass is 417 g/mol. The number of carbonyl (C=O) groups is 1. The van der Waals surface area contributed by atoms with Crippen LogP contribution in [0.2, 0.25) is 0 Å². The molecule has 0 aliphatic carbocycles. The molecule has 7 nitrogen and oxygen atoms in total. The van der Waals surface area contributed by atoms with Gasteiger partial charge in [-0.1, -0.05) is 58.0 Å². The Labute approximate surface area is 180 Å². The number of fused-ring (bicyclic) bond motifs is 2. The highest BCUT2D eigenvalue weighted by Gasteiger charge is 2.25. The number of imidazole rings is 1. The van der Waals surface area contributed by atoms with Crippen LogP contribution in [0.4, 0.5) is 0 Å². The number of hydrogen-bond acceptors (Lipinski definition) is 4. The fourth-order valence-corrected chi connectivity index (χ4v) is 3.75. The van der Waals surface area contributed by atoms with E-state index in [1.54, 1.807) is 18.2 Å². The maximum absolute atomic E-state index is 13.4. The van der Waals surface area contributed by atoms with Crippen molar-refractivity contribution in [2.45, 2.75) is 40.3 Å². The van der Waals surface area contributed by atoms with Gasteiger partial charge >= 0.3 is 0 Å². The zero-order chi connectivity index (χ0) is 22.1. The second kappa shape index (κ2) is 8.34. The van der Waals surface area contributed by atoms with Crippen LogP contribution in [0, 0.1) is 11.8 Å². The lowest BCUT2D eigenvalue weighted by molar-refractivity contribution is 0.0917. The molecule has 2 N–H and O–H groups in total. The number of H-pyrrole nitrogens is 1. The van der Waals surface area contributed by atoms with Crippen LogP contribution in [0.3, 0.4) is 0 Å². The van der Waals surface area contributed by atoms with Gasteiger partial charge in [0.15, 0.2) is 5.69 Å². The minimum absolute atomic E-state index is 0.0948. The molecule has 0 saturated carbocycles. The summed E-state index contributed by atoms with van der Waals surface area (Å²) >= 11 is 0. The topological polar surface area (TPSA) is 92.7 Å². The molecule has 7 heteroatoms. The van der Waals surface area contributed by atoms with E-state index in [0.29, 0.717) is 23.1 Å². The summed E-state index contributed by atoms with van der Waals surface area (Å²) in [4.78, 5) is 34.2. The van der Waals surface area contributed by atoms with Crippen molar-refractivity contribution in [3.63, 3.8) is 0 Å². The van der Waals surface area contributed by atoms with Crippen molar-refractivity contribution in [3.05, 3.63) is 70.4 Å². The Balaban J connectivity index is 1.75. The largest absolute Gasteiger partial charge is 0.340 e. The van der Waals surface area contributed by atoms with E-state index >= 15 is 0 Å². The number of carbonyl (C=O) groups excluding carboxylic acids is 1. The Morgan fingerprint density at radius 2 is 1.71 bits per heavy atom. The summed E-state index contributed by atoms with van der Waals surface area (Å²) in [7, 11) is 0. The second-order valence-corrected chi connectivity index (χ2v) is 8.61. The highest BCUT2D eigenvalue weighted by Crippen LogP contribution is 2.23. The van der Waals surface area contributed by atoms with Crippen molar-refractivity contribution in [1.82, 2.24) is 25.1 Å². The standard InChI is InChI=1S/C24H27N5O2/c1-14(2)13-29-24(31)17-10-6-5-9-16(17)21(28-29)23(30)27-20(15(3)4)22-25-18-11-7-8-12-19(18)26-22/h5-12,14-15,20H,13H2,1-4H3,(H,25,26)(H,27,30). The number of aromatic amines is 1. The molecule has 0 saturated heterocycles. The molecule has 0 aliphatic rings. The molecule has 4 rings (SSSR count). The summed E-state index contributed by atoms with van der Waals surface area (Å²) in [6.07, 6.45) is 0. The lowest BCUT2D eigenvalue weighted by Gasteiger charge is -2.21. The smallest absolute Gasteiger partial charge is 0.274 e. The van der Waals surface area contributed by atoms with E-state index in [4.69, 9.17) is 0 Å². The summed E-state index contributed by atoms with van der Waals surface area (Å²) in [6, 6.07) is 14.6. The van der Waals surface area contributed by atoms with Crippen LogP contribution >= 0.6 is 0 Å². The molecule has 1 amide bonds. The molecule has 4 aromatic rings. The zero-order valence-electron chi connectivity index (χ0n) is 18.2. The molecule has 160 valence electrons. The summed E-state index contributed by atoms with van der Waals surface area (Å²) < 4.78 is 1.40. The Morgan fingerprint density at radius 3 is 2.39 bits per heavy atom. The number of rotatable bonds is 6. The van der Waals surface area contributed by atoms with Gasteiger partial charge in [-0.25, -0.2) is 9.67 Å². The minimum atomic E-state index is -0.328. The van der Waals surface area contributed by atoms with Crippen LogP contribution in [0.1, 0.15) is 50.0 Å². The van der Waals surface area contributed by atoms with Gasteiger partial charge in [-0.15, -0.1) is 0 Å². The first-order valence-electron chi connectivity index (χ1n) is 10.6. The Kier molecular flexibility index (Phi) is 5.59. The summed E-state index contributed by atoms with van der Waals surface area (Å²) in [5, 5.41) is 8.59.